The summed E-state index contributed by atoms with van der Waals surface area (Å²) in [7, 11) is 4.66. The molecule has 1 N–H and O–H groups in total. The van der Waals surface area contributed by atoms with Gasteiger partial charge < -0.3 is 29.0 Å². The van der Waals surface area contributed by atoms with Gasteiger partial charge in [-0.15, -0.1) is 0 Å². The van der Waals surface area contributed by atoms with Crippen molar-refractivity contribution in [2.75, 3.05) is 26.2 Å². The van der Waals surface area contributed by atoms with Crippen LogP contribution in [0.25, 0.3) is 5.69 Å². The largest absolute Gasteiger partial charge is 0.497 e. The number of benzene rings is 2. The normalized spacial score (nSPS) is 16.6. The average Bonchev–Trinajstić information content (AvgIpc) is 3.47. The number of thiocarbonyl (C=S) groups is 1. The van der Waals surface area contributed by atoms with Crippen molar-refractivity contribution in [3.05, 3.63) is 101 Å². The van der Waals surface area contributed by atoms with E-state index in [4.69, 9.17) is 26.4 Å². The minimum absolute atomic E-state index is 0.217. The Balaban J connectivity index is 1.67. The molecule has 2 aromatic carbocycles. The van der Waals surface area contributed by atoms with Crippen molar-refractivity contribution in [1.29, 1.82) is 0 Å². The van der Waals surface area contributed by atoms with Crippen molar-refractivity contribution >= 4 is 29.0 Å². The number of aryl methyl sites for hydroxylation is 1. The van der Waals surface area contributed by atoms with E-state index in [-0.39, 0.29) is 18.1 Å². The number of carbonyl (C=O) groups excluding carboxylic acids is 1. The monoisotopic (exact) mass is 542 g/mol. The van der Waals surface area contributed by atoms with E-state index in [9.17, 15) is 4.79 Å². The number of aromatic nitrogens is 2. The molecule has 1 aliphatic rings. The molecule has 0 unspecified atom stereocenters. The fourth-order valence-electron chi connectivity index (χ4n) is 5.26. The Morgan fingerprint density at radius 3 is 2.38 bits per heavy atom. The van der Waals surface area contributed by atoms with Crippen LogP contribution in [0.4, 0.5) is 5.69 Å². The number of hydrogen-bond donors (Lipinski definition) is 1. The summed E-state index contributed by atoms with van der Waals surface area (Å²) in [6.07, 6.45) is 1.79. The summed E-state index contributed by atoms with van der Waals surface area (Å²) in [5.41, 5.74) is 6.29. The first kappa shape index (κ1) is 26.2. The lowest BCUT2D eigenvalue weighted by atomic mass is 9.96. The van der Waals surface area contributed by atoms with Crippen LogP contribution in [0.2, 0.25) is 0 Å². The third-order valence-corrected chi connectivity index (χ3v) is 7.39. The van der Waals surface area contributed by atoms with Gasteiger partial charge >= 0.3 is 5.97 Å². The van der Waals surface area contributed by atoms with Crippen molar-refractivity contribution in [3.8, 4) is 17.2 Å². The molecule has 2 aromatic heterocycles. The summed E-state index contributed by atoms with van der Waals surface area (Å²) in [4.78, 5) is 18.7. The maximum absolute atomic E-state index is 12.0. The van der Waals surface area contributed by atoms with Gasteiger partial charge in [0.15, 0.2) is 5.11 Å². The van der Waals surface area contributed by atoms with Gasteiger partial charge in [-0.1, -0.05) is 6.07 Å². The van der Waals surface area contributed by atoms with Crippen LogP contribution in [0.3, 0.4) is 0 Å². The van der Waals surface area contributed by atoms with Gasteiger partial charge in [0.05, 0.1) is 50.4 Å². The summed E-state index contributed by atoms with van der Waals surface area (Å²) < 4.78 is 18.3. The molecule has 39 heavy (non-hydrogen) atoms. The zero-order valence-electron chi connectivity index (χ0n) is 22.5. The summed E-state index contributed by atoms with van der Waals surface area (Å²) in [5, 5.41) is 4.08. The second kappa shape index (κ2) is 10.8. The zero-order valence-corrected chi connectivity index (χ0v) is 23.3. The molecule has 0 aliphatic carbocycles. The number of anilines is 1. The molecule has 0 spiro atoms. The Kier molecular flexibility index (Phi) is 7.26. The molecular formula is C30H30N4O4S. The van der Waals surface area contributed by atoms with Crippen LogP contribution in [-0.2, 0) is 4.74 Å². The number of ether oxygens (including phenoxy) is 3. The molecule has 0 amide bonds. The lowest BCUT2D eigenvalue weighted by Crippen LogP contribution is -2.30. The van der Waals surface area contributed by atoms with Crippen LogP contribution in [0.5, 0.6) is 11.5 Å². The Morgan fingerprint density at radius 1 is 0.974 bits per heavy atom. The molecule has 5 rings (SSSR count). The average molecular weight is 543 g/mol. The molecule has 1 saturated heterocycles. The van der Waals surface area contributed by atoms with Gasteiger partial charge in [-0.25, -0.2) is 4.79 Å². The second-order valence-corrected chi connectivity index (χ2v) is 9.62. The number of carbonyl (C=O) groups is 1. The number of nitrogens with one attached hydrogen (secondary N) is 1. The van der Waals surface area contributed by atoms with Crippen molar-refractivity contribution in [1.82, 2.24) is 14.9 Å². The van der Waals surface area contributed by atoms with Gasteiger partial charge in [0.25, 0.3) is 0 Å². The molecule has 0 radical (unpaired) electrons. The van der Waals surface area contributed by atoms with Crippen LogP contribution in [0.15, 0.2) is 72.9 Å². The Labute approximate surface area is 233 Å². The van der Waals surface area contributed by atoms with Crippen LogP contribution >= 0.6 is 12.2 Å². The molecule has 3 heterocycles. The van der Waals surface area contributed by atoms with Gasteiger partial charge in [0, 0.05) is 29.3 Å². The van der Waals surface area contributed by atoms with Gasteiger partial charge in [-0.3, -0.25) is 4.98 Å². The molecule has 9 heteroatoms. The first-order valence-electron chi connectivity index (χ1n) is 12.5. The highest BCUT2D eigenvalue weighted by atomic mass is 32.1. The van der Waals surface area contributed by atoms with Crippen LogP contribution in [0, 0.1) is 13.8 Å². The summed E-state index contributed by atoms with van der Waals surface area (Å²) in [6, 6.07) is 20.7. The van der Waals surface area contributed by atoms with Crippen molar-refractivity contribution < 1.29 is 19.0 Å². The Hall–Kier alpha value is -4.37. The van der Waals surface area contributed by atoms with Gasteiger partial charge in [-0.05, 0) is 86.2 Å². The van der Waals surface area contributed by atoms with E-state index < -0.39 is 0 Å². The number of esters is 1. The first-order chi connectivity index (χ1) is 18.9. The van der Waals surface area contributed by atoms with Crippen molar-refractivity contribution in [2.24, 2.45) is 0 Å². The smallest absolute Gasteiger partial charge is 0.337 e. The van der Waals surface area contributed by atoms with E-state index in [0.717, 1.165) is 34.0 Å². The van der Waals surface area contributed by atoms with Crippen LogP contribution < -0.4 is 19.7 Å². The maximum atomic E-state index is 12.0. The van der Waals surface area contributed by atoms with Gasteiger partial charge in [-0.2, -0.15) is 0 Å². The third-order valence-electron chi connectivity index (χ3n) is 7.08. The Morgan fingerprint density at radius 2 is 1.74 bits per heavy atom. The number of methoxy groups -OCH3 is 3. The van der Waals surface area contributed by atoms with Gasteiger partial charge in [0.1, 0.15) is 11.5 Å². The molecule has 1 fully saturated rings. The van der Waals surface area contributed by atoms with E-state index in [0.29, 0.717) is 22.2 Å². The number of pyridine rings is 1. The summed E-state index contributed by atoms with van der Waals surface area (Å²) >= 11 is 5.93. The highest BCUT2D eigenvalue weighted by Gasteiger charge is 2.43. The quantitative estimate of drug-likeness (QED) is 0.243. The lowest BCUT2D eigenvalue weighted by Gasteiger charge is -2.29. The second-order valence-electron chi connectivity index (χ2n) is 9.23. The predicted molar refractivity (Wildman–Crippen MR) is 154 cm³/mol. The molecular weight excluding hydrogens is 512 g/mol. The number of nitrogens with zero attached hydrogens (tertiary/aromatic N) is 3. The predicted octanol–water partition coefficient (Wildman–Crippen LogP) is 5.47. The first-order valence-corrected chi connectivity index (χ1v) is 12.9. The molecule has 8 nitrogen and oxygen atoms in total. The topological polar surface area (TPSA) is 77.9 Å². The molecule has 200 valence electrons. The van der Waals surface area contributed by atoms with E-state index in [1.54, 1.807) is 32.5 Å². The highest BCUT2D eigenvalue weighted by molar-refractivity contribution is 7.80. The van der Waals surface area contributed by atoms with E-state index in [1.165, 1.54) is 7.11 Å². The minimum atomic E-state index is -0.366. The molecule has 0 saturated carbocycles. The summed E-state index contributed by atoms with van der Waals surface area (Å²) in [5.74, 6) is 1.01. The standard InChI is InChI=1S/C30H30N4O4S/c1-18-16-23(19(2)33(18)21-11-9-20(10-12-21)29(35)38-5)28-27(24-8-6-7-15-31-24)32-30(39)34(28)25-17-22(36-3)13-14-26(25)37-4/h6-17,27-28H,1-5H3,(H,32,39)/t27-,28+/m0/s1. The SMILES string of the molecule is COC(=O)c1ccc(-n2c(C)cc([C@@H]3[C@H](c4ccccn4)NC(=S)N3c3cc(OC)ccc3OC)c2C)cc1. The van der Waals surface area contributed by atoms with E-state index >= 15 is 0 Å². The van der Waals surface area contributed by atoms with Crippen molar-refractivity contribution in [2.45, 2.75) is 25.9 Å². The minimum Gasteiger partial charge on any atom is -0.497 e. The zero-order chi connectivity index (χ0) is 27.7. The summed E-state index contributed by atoms with van der Waals surface area (Å²) in [6.45, 7) is 4.16. The lowest BCUT2D eigenvalue weighted by molar-refractivity contribution is 0.0600. The fraction of sp³-hybridized carbons (Fsp3) is 0.233. The van der Waals surface area contributed by atoms with E-state index in [1.807, 2.05) is 48.5 Å². The van der Waals surface area contributed by atoms with Crippen molar-refractivity contribution in [3.63, 3.8) is 0 Å². The molecule has 4 aromatic rings. The van der Waals surface area contributed by atoms with Crippen LogP contribution in [0.1, 0.15) is 45.1 Å². The Bertz CT molecular complexity index is 1520. The third kappa shape index (κ3) is 4.70. The molecule has 0 bridgehead atoms. The van der Waals surface area contributed by atoms with E-state index in [2.05, 4.69) is 39.7 Å². The number of hydrogen-bond acceptors (Lipinski definition) is 6. The highest BCUT2D eigenvalue weighted by Crippen LogP contribution is 2.47. The molecule has 2 atom stereocenters. The maximum Gasteiger partial charge on any atom is 0.337 e. The fourth-order valence-corrected chi connectivity index (χ4v) is 5.60. The van der Waals surface area contributed by atoms with Gasteiger partial charge in [0.2, 0.25) is 0 Å². The number of rotatable bonds is 7. The molecule has 1 aliphatic heterocycles. The van der Waals surface area contributed by atoms with Crippen LogP contribution in [-0.4, -0.2) is 42.0 Å².